The van der Waals surface area contributed by atoms with E-state index in [2.05, 4.69) is 5.32 Å². The summed E-state index contributed by atoms with van der Waals surface area (Å²) in [5, 5.41) is 20.3. The van der Waals surface area contributed by atoms with Gasteiger partial charge in [-0.1, -0.05) is 0 Å². The molecule has 1 saturated carbocycles. The largest absolute Gasteiger partial charge is 0.480 e. The van der Waals surface area contributed by atoms with E-state index >= 15 is 0 Å². The number of carbonyl (C=O) groups is 2. The van der Waals surface area contributed by atoms with Crippen LogP contribution in [0, 0.1) is 5.92 Å². The van der Waals surface area contributed by atoms with E-state index in [1.807, 2.05) is 0 Å². The Morgan fingerprint density at radius 1 is 1.50 bits per heavy atom. The molecular weight excluding hydrogens is 212 g/mol. The quantitative estimate of drug-likeness (QED) is 0.614. The van der Waals surface area contributed by atoms with E-state index < -0.39 is 17.5 Å². The minimum Gasteiger partial charge on any atom is -0.480 e. The van der Waals surface area contributed by atoms with Gasteiger partial charge in [0, 0.05) is 13.6 Å². The lowest BCUT2D eigenvalue weighted by Crippen LogP contribution is -2.57. The molecule has 6 nitrogen and oxygen atoms in total. The number of carboxylic acid groups (broad SMARTS) is 1. The van der Waals surface area contributed by atoms with Crippen LogP contribution in [0.4, 0.5) is 4.79 Å². The molecule has 0 heterocycles. The summed E-state index contributed by atoms with van der Waals surface area (Å²) in [6.07, 6.45) is 1.65. The summed E-state index contributed by atoms with van der Waals surface area (Å²) >= 11 is 0. The Bertz CT molecular complexity index is 291. The normalized spacial score (nSPS) is 18.7. The summed E-state index contributed by atoms with van der Waals surface area (Å²) in [4.78, 5) is 24.0. The number of aliphatic hydroxyl groups is 1. The summed E-state index contributed by atoms with van der Waals surface area (Å²) in [7, 11) is 1.51. The molecule has 16 heavy (non-hydrogen) atoms. The van der Waals surface area contributed by atoms with E-state index in [4.69, 9.17) is 10.2 Å². The Balaban J connectivity index is 2.62. The minimum absolute atomic E-state index is 0.0106. The lowest BCUT2D eigenvalue weighted by molar-refractivity contribution is -0.144. The third-order valence-corrected chi connectivity index (χ3v) is 2.99. The van der Waals surface area contributed by atoms with Crippen LogP contribution >= 0.6 is 0 Å². The molecule has 0 aromatic carbocycles. The Kier molecular flexibility index (Phi) is 3.74. The maximum Gasteiger partial charge on any atom is 0.329 e. The fourth-order valence-corrected chi connectivity index (χ4v) is 1.56. The van der Waals surface area contributed by atoms with Gasteiger partial charge in [-0.3, -0.25) is 0 Å². The van der Waals surface area contributed by atoms with Gasteiger partial charge in [0.1, 0.15) is 5.54 Å². The molecule has 1 fully saturated rings. The van der Waals surface area contributed by atoms with Crippen LogP contribution in [-0.4, -0.2) is 52.9 Å². The third kappa shape index (κ3) is 2.63. The van der Waals surface area contributed by atoms with Gasteiger partial charge in [0.25, 0.3) is 0 Å². The number of likely N-dealkylation sites (N-methyl/N-ethyl adjacent to an activating group) is 1. The van der Waals surface area contributed by atoms with E-state index in [0.29, 0.717) is 0 Å². The van der Waals surface area contributed by atoms with E-state index in [1.54, 1.807) is 0 Å². The first kappa shape index (κ1) is 12.8. The van der Waals surface area contributed by atoms with Crippen molar-refractivity contribution in [3.05, 3.63) is 0 Å². The second-order valence-electron chi connectivity index (χ2n) is 4.36. The molecule has 1 aliphatic rings. The van der Waals surface area contributed by atoms with Crippen molar-refractivity contribution in [2.24, 2.45) is 5.92 Å². The van der Waals surface area contributed by atoms with E-state index in [1.165, 1.54) is 18.9 Å². The van der Waals surface area contributed by atoms with E-state index in [-0.39, 0.29) is 19.1 Å². The average molecular weight is 230 g/mol. The fraction of sp³-hybridized carbons (Fsp3) is 0.800. The number of aliphatic hydroxyl groups excluding tert-OH is 1. The van der Waals surface area contributed by atoms with Gasteiger partial charge in [-0.2, -0.15) is 0 Å². The van der Waals surface area contributed by atoms with Crippen molar-refractivity contribution in [1.82, 2.24) is 10.2 Å². The maximum absolute atomic E-state index is 11.6. The zero-order valence-corrected chi connectivity index (χ0v) is 9.56. The lowest BCUT2D eigenvalue weighted by Gasteiger charge is -2.28. The molecule has 1 atom stereocenters. The number of rotatable bonds is 5. The van der Waals surface area contributed by atoms with Crippen LogP contribution in [-0.2, 0) is 4.79 Å². The average Bonchev–Trinajstić information content (AvgIpc) is 3.00. The predicted molar refractivity (Wildman–Crippen MR) is 57.0 cm³/mol. The highest BCUT2D eigenvalue weighted by Gasteiger charge is 2.48. The van der Waals surface area contributed by atoms with Gasteiger partial charge >= 0.3 is 12.0 Å². The molecule has 0 bridgehead atoms. The second-order valence-corrected chi connectivity index (χ2v) is 4.36. The van der Waals surface area contributed by atoms with E-state index in [0.717, 1.165) is 12.8 Å². The number of aliphatic carboxylic acids is 1. The summed E-state index contributed by atoms with van der Waals surface area (Å²) in [6, 6.07) is -0.467. The summed E-state index contributed by atoms with van der Waals surface area (Å²) in [6.45, 7) is 1.57. The molecule has 6 heteroatoms. The van der Waals surface area contributed by atoms with Crippen LogP contribution in [0.1, 0.15) is 19.8 Å². The number of carboxylic acids is 1. The van der Waals surface area contributed by atoms with Crippen molar-refractivity contribution in [2.45, 2.75) is 25.3 Å². The van der Waals surface area contributed by atoms with Gasteiger partial charge in [-0.25, -0.2) is 9.59 Å². The van der Waals surface area contributed by atoms with Crippen LogP contribution in [0.2, 0.25) is 0 Å². The molecule has 92 valence electrons. The Labute approximate surface area is 94.2 Å². The summed E-state index contributed by atoms with van der Waals surface area (Å²) < 4.78 is 0. The first-order valence-electron chi connectivity index (χ1n) is 5.29. The van der Waals surface area contributed by atoms with Gasteiger partial charge in [0.2, 0.25) is 0 Å². The van der Waals surface area contributed by atoms with Crippen molar-refractivity contribution < 1.29 is 19.8 Å². The van der Waals surface area contributed by atoms with Gasteiger partial charge in [-0.15, -0.1) is 0 Å². The van der Waals surface area contributed by atoms with Crippen molar-refractivity contribution >= 4 is 12.0 Å². The van der Waals surface area contributed by atoms with Crippen molar-refractivity contribution in [3.63, 3.8) is 0 Å². The number of nitrogens with zero attached hydrogens (tertiary/aromatic N) is 1. The number of amides is 2. The Morgan fingerprint density at radius 3 is 2.44 bits per heavy atom. The zero-order valence-electron chi connectivity index (χ0n) is 9.56. The SMILES string of the molecule is CN(CCO)C(=O)NC(C)(C(=O)O)C1CC1. The molecule has 3 N–H and O–H groups in total. The number of carbonyl (C=O) groups excluding carboxylic acids is 1. The number of nitrogens with one attached hydrogen (secondary N) is 1. The fourth-order valence-electron chi connectivity index (χ4n) is 1.56. The summed E-state index contributed by atoms with van der Waals surface area (Å²) in [5.74, 6) is -1.00. The standard InChI is InChI=1S/C10H18N2O4/c1-10(8(14)15,7-3-4-7)11-9(16)12(2)5-6-13/h7,13H,3-6H2,1-2H3,(H,11,16)(H,14,15). The van der Waals surface area contributed by atoms with Crippen molar-refractivity contribution in [1.29, 1.82) is 0 Å². The molecule has 2 amide bonds. The van der Waals surface area contributed by atoms with Crippen LogP contribution in [0.25, 0.3) is 0 Å². The first-order chi connectivity index (χ1) is 7.41. The molecule has 0 spiro atoms. The van der Waals surface area contributed by atoms with Gasteiger partial charge in [0.15, 0.2) is 0 Å². The molecule has 0 radical (unpaired) electrons. The van der Waals surface area contributed by atoms with Crippen LogP contribution in [0.5, 0.6) is 0 Å². The number of urea groups is 1. The molecule has 0 saturated heterocycles. The zero-order chi connectivity index (χ0) is 12.3. The molecule has 1 unspecified atom stereocenters. The number of hydrogen-bond donors (Lipinski definition) is 3. The highest BCUT2D eigenvalue weighted by molar-refractivity contribution is 5.86. The predicted octanol–water partition coefficient (Wildman–Crippen LogP) is -0.127. The monoisotopic (exact) mass is 230 g/mol. The van der Waals surface area contributed by atoms with Gasteiger partial charge in [0.05, 0.1) is 6.61 Å². The van der Waals surface area contributed by atoms with Crippen LogP contribution in [0.15, 0.2) is 0 Å². The maximum atomic E-state index is 11.6. The topological polar surface area (TPSA) is 89.9 Å². The van der Waals surface area contributed by atoms with Gasteiger partial charge in [-0.05, 0) is 25.7 Å². The first-order valence-corrected chi connectivity index (χ1v) is 5.29. The lowest BCUT2D eigenvalue weighted by atomic mass is 9.96. The smallest absolute Gasteiger partial charge is 0.329 e. The third-order valence-electron chi connectivity index (χ3n) is 2.99. The minimum atomic E-state index is -1.19. The van der Waals surface area contributed by atoms with Crippen molar-refractivity contribution in [2.75, 3.05) is 20.2 Å². The second kappa shape index (κ2) is 4.69. The molecule has 1 aliphatic carbocycles. The van der Waals surface area contributed by atoms with E-state index in [9.17, 15) is 9.59 Å². The van der Waals surface area contributed by atoms with Crippen LogP contribution < -0.4 is 5.32 Å². The molecule has 1 rings (SSSR count). The summed E-state index contributed by atoms with van der Waals surface area (Å²) in [5.41, 5.74) is -1.19. The molecule has 0 aromatic heterocycles. The van der Waals surface area contributed by atoms with Gasteiger partial charge < -0.3 is 20.4 Å². The Hall–Kier alpha value is -1.30. The number of hydrogen-bond acceptors (Lipinski definition) is 3. The molecule has 0 aromatic rings. The Morgan fingerprint density at radius 2 is 2.06 bits per heavy atom. The van der Waals surface area contributed by atoms with Crippen molar-refractivity contribution in [3.8, 4) is 0 Å². The highest BCUT2D eigenvalue weighted by atomic mass is 16.4. The molecular formula is C10H18N2O4. The highest BCUT2D eigenvalue weighted by Crippen LogP contribution is 2.39. The molecule has 0 aliphatic heterocycles. The van der Waals surface area contributed by atoms with Crippen LogP contribution in [0.3, 0.4) is 0 Å².